The van der Waals surface area contributed by atoms with Crippen molar-refractivity contribution in [3.63, 3.8) is 0 Å². The van der Waals surface area contributed by atoms with Gasteiger partial charge in [0.25, 0.3) is 0 Å². The lowest BCUT2D eigenvalue weighted by molar-refractivity contribution is 0.143. The van der Waals surface area contributed by atoms with Crippen molar-refractivity contribution in [3.05, 3.63) is 28.1 Å². The third-order valence-electron chi connectivity index (χ3n) is 4.50. The van der Waals surface area contributed by atoms with Gasteiger partial charge in [-0.05, 0) is 25.8 Å². The molecule has 3 N–H and O–H groups in total. The number of aryl methyl sites for hydroxylation is 1. The SMILES string of the molecule is CCn1cc(OC(=O)O)c(=O)c2c(F)c(F)c(N3CCC(CN)C3)nc21. The molecule has 0 aromatic carbocycles. The Labute approximate surface area is 146 Å². The number of carboxylic acid groups (broad SMARTS) is 1. The molecule has 140 valence electrons. The third kappa shape index (κ3) is 2.96. The number of nitrogens with zero attached hydrogens (tertiary/aromatic N) is 3. The number of pyridine rings is 2. The van der Waals surface area contributed by atoms with Crippen molar-refractivity contribution in [3.8, 4) is 5.75 Å². The van der Waals surface area contributed by atoms with E-state index < -0.39 is 34.4 Å². The highest BCUT2D eigenvalue weighted by Gasteiger charge is 2.29. The predicted molar refractivity (Wildman–Crippen MR) is 89.6 cm³/mol. The average molecular weight is 368 g/mol. The molecule has 3 heterocycles. The summed E-state index contributed by atoms with van der Waals surface area (Å²) < 4.78 is 35.0. The zero-order valence-electron chi connectivity index (χ0n) is 14.0. The highest BCUT2D eigenvalue weighted by molar-refractivity contribution is 5.80. The summed E-state index contributed by atoms with van der Waals surface area (Å²) in [5.74, 6) is -3.25. The molecule has 8 nitrogen and oxygen atoms in total. The van der Waals surface area contributed by atoms with Crippen molar-refractivity contribution in [2.75, 3.05) is 24.5 Å². The summed E-state index contributed by atoms with van der Waals surface area (Å²) >= 11 is 0. The first-order valence-electron chi connectivity index (χ1n) is 8.15. The van der Waals surface area contributed by atoms with Gasteiger partial charge in [-0.2, -0.15) is 4.39 Å². The van der Waals surface area contributed by atoms with E-state index in [-0.39, 0.29) is 23.9 Å². The number of carbonyl (C=O) groups is 1. The van der Waals surface area contributed by atoms with Crippen LogP contribution in [0.3, 0.4) is 0 Å². The molecule has 10 heteroatoms. The van der Waals surface area contributed by atoms with Crippen LogP contribution in [0.5, 0.6) is 5.75 Å². The summed E-state index contributed by atoms with van der Waals surface area (Å²) in [5.41, 5.74) is 4.50. The maximum absolute atomic E-state index is 14.7. The Bertz CT molecular complexity index is 931. The lowest BCUT2D eigenvalue weighted by Gasteiger charge is -2.20. The van der Waals surface area contributed by atoms with Crippen molar-refractivity contribution >= 4 is 23.0 Å². The van der Waals surface area contributed by atoms with Crippen LogP contribution < -0.4 is 20.8 Å². The molecule has 1 atom stereocenters. The molecule has 0 amide bonds. The molecule has 26 heavy (non-hydrogen) atoms. The highest BCUT2D eigenvalue weighted by Crippen LogP contribution is 2.29. The second-order valence-corrected chi connectivity index (χ2v) is 6.07. The summed E-state index contributed by atoms with van der Waals surface area (Å²) in [6.07, 6.45) is 0.141. The topological polar surface area (TPSA) is 111 Å². The second kappa shape index (κ2) is 6.87. The number of anilines is 1. The predicted octanol–water partition coefficient (Wildman–Crippen LogP) is 1.54. The standard InChI is InChI=1S/C16H18F2N4O4/c1-2-21-7-9(26-16(24)25)13(23)10-11(17)12(18)15(20-14(10)21)22-4-3-8(5-19)6-22/h7-8H,2-6,19H2,1H3,(H,24,25). The van der Waals surface area contributed by atoms with Crippen LogP contribution in [-0.2, 0) is 6.54 Å². The third-order valence-corrected chi connectivity index (χ3v) is 4.50. The molecule has 0 aliphatic carbocycles. The molecule has 2 aromatic rings. The van der Waals surface area contributed by atoms with E-state index in [1.54, 1.807) is 11.8 Å². The largest absolute Gasteiger partial charge is 0.511 e. The summed E-state index contributed by atoms with van der Waals surface area (Å²) in [5, 5.41) is 8.08. The first-order valence-corrected chi connectivity index (χ1v) is 8.15. The van der Waals surface area contributed by atoms with E-state index >= 15 is 0 Å². The lowest BCUT2D eigenvalue weighted by atomic mass is 10.1. The number of fused-ring (bicyclic) bond motifs is 1. The number of nitrogens with two attached hydrogens (primary N) is 1. The Morgan fingerprint density at radius 3 is 2.77 bits per heavy atom. The zero-order valence-corrected chi connectivity index (χ0v) is 14.0. The Morgan fingerprint density at radius 1 is 1.46 bits per heavy atom. The fourth-order valence-electron chi connectivity index (χ4n) is 3.14. The molecule has 1 fully saturated rings. The average Bonchev–Trinajstić information content (AvgIpc) is 3.08. The van der Waals surface area contributed by atoms with E-state index in [0.717, 1.165) is 12.6 Å². The van der Waals surface area contributed by atoms with E-state index in [4.69, 9.17) is 10.8 Å². The minimum atomic E-state index is -1.72. The molecule has 0 radical (unpaired) electrons. The summed E-state index contributed by atoms with van der Waals surface area (Å²) in [6, 6.07) is 0. The molecule has 0 saturated carbocycles. The lowest BCUT2D eigenvalue weighted by Crippen LogP contribution is -2.26. The minimum Gasteiger partial charge on any atom is -0.449 e. The molecule has 2 aromatic heterocycles. The monoisotopic (exact) mass is 368 g/mol. The minimum absolute atomic E-state index is 0.0691. The van der Waals surface area contributed by atoms with Crippen LogP contribution >= 0.6 is 0 Å². The van der Waals surface area contributed by atoms with Gasteiger partial charge in [0.1, 0.15) is 11.0 Å². The molecular formula is C16H18F2N4O4. The Hall–Kier alpha value is -2.75. The fourth-order valence-corrected chi connectivity index (χ4v) is 3.14. The van der Waals surface area contributed by atoms with Gasteiger partial charge in [0.2, 0.25) is 11.2 Å². The maximum Gasteiger partial charge on any atom is 0.511 e. The Kier molecular flexibility index (Phi) is 4.77. The molecule has 1 aliphatic heterocycles. The molecule has 0 bridgehead atoms. The number of ether oxygens (including phenoxy) is 1. The van der Waals surface area contributed by atoms with Gasteiger partial charge in [-0.25, -0.2) is 14.2 Å². The number of hydrogen-bond acceptors (Lipinski definition) is 6. The van der Waals surface area contributed by atoms with Gasteiger partial charge in [0.05, 0.1) is 6.20 Å². The van der Waals surface area contributed by atoms with Crippen molar-refractivity contribution in [2.45, 2.75) is 19.9 Å². The first-order chi connectivity index (χ1) is 12.4. The Balaban J connectivity index is 2.22. The highest BCUT2D eigenvalue weighted by atomic mass is 19.2. The van der Waals surface area contributed by atoms with Crippen LogP contribution in [0.25, 0.3) is 11.0 Å². The first kappa shape index (κ1) is 18.1. The quantitative estimate of drug-likeness (QED) is 0.788. The van der Waals surface area contributed by atoms with Gasteiger partial charge in [-0.3, -0.25) is 4.79 Å². The number of rotatable bonds is 4. The summed E-state index contributed by atoms with van der Waals surface area (Å²) in [6.45, 7) is 3.30. The van der Waals surface area contributed by atoms with Crippen molar-refractivity contribution in [2.24, 2.45) is 11.7 Å². The van der Waals surface area contributed by atoms with E-state index in [2.05, 4.69) is 9.72 Å². The summed E-state index contributed by atoms with van der Waals surface area (Å²) in [4.78, 5) is 28.8. The van der Waals surface area contributed by atoms with Gasteiger partial charge in [-0.1, -0.05) is 0 Å². The zero-order chi connectivity index (χ0) is 19.0. The molecule has 3 rings (SSSR count). The van der Waals surface area contributed by atoms with Crippen molar-refractivity contribution in [1.82, 2.24) is 9.55 Å². The molecule has 0 spiro atoms. The molecule has 1 unspecified atom stereocenters. The van der Waals surface area contributed by atoms with E-state index in [9.17, 15) is 18.4 Å². The fraction of sp³-hybridized carbons (Fsp3) is 0.438. The second-order valence-electron chi connectivity index (χ2n) is 6.07. The number of hydrogen-bond donors (Lipinski definition) is 2. The van der Waals surface area contributed by atoms with Crippen LogP contribution in [0.15, 0.2) is 11.0 Å². The molecule has 1 aliphatic rings. The van der Waals surface area contributed by atoms with Crippen LogP contribution in [0, 0.1) is 17.6 Å². The van der Waals surface area contributed by atoms with Gasteiger partial charge in [0.15, 0.2) is 17.4 Å². The Morgan fingerprint density at radius 2 is 2.19 bits per heavy atom. The normalized spacial score (nSPS) is 17.1. The van der Waals surface area contributed by atoms with E-state index in [1.165, 1.54) is 4.57 Å². The van der Waals surface area contributed by atoms with Crippen LogP contribution in [0.1, 0.15) is 13.3 Å². The summed E-state index contributed by atoms with van der Waals surface area (Å²) in [7, 11) is 0. The van der Waals surface area contributed by atoms with Crippen LogP contribution in [0.2, 0.25) is 0 Å². The van der Waals surface area contributed by atoms with Crippen molar-refractivity contribution in [1.29, 1.82) is 0 Å². The van der Waals surface area contributed by atoms with Crippen molar-refractivity contribution < 1.29 is 23.4 Å². The number of halogens is 2. The van der Waals surface area contributed by atoms with Crippen LogP contribution in [-0.4, -0.2) is 40.4 Å². The van der Waals surface area contributed by atoms with Gasteiger partial charge in [0, 0.05) is 19.6 Å². The van der Waals surface area contributed by atoms with Gasteiger partial charge in [-0.15, -0.1) is 0 Å². The smallest absolute Gasteiger partial charge is 0.449 e. The number of aromatic nitrogens is 2. The maximum atomic E-state index is 14.7. The van der Waals surface area contributed by atoms with Crippen LogP contribution in [0.4, 0.5) is 19.4 Å². The molecular weight excluding hydrogens is 350 g/mol. The van der Waals surface area contributed by atoms with E-state index in [1.807, 2.05) is 0 Å². The van der Waals surface area contributed by atoms with Gasteiger partial charge >= 0.3 is 6.16 Å². The molecule has 1 saturated heterocycles. The van der Waals surface area contributed by atoms with E-state index in [0.29, 0.717) is 19.6 Å². The van der Waals surface area contributed by atoms with Gasteiger partial charge < -0.3 is 25.0 Å².